The molecule has 0 aromatic heterocycles. The molecule has 0 atom stereocenters. The lowest BCUT2D eigenvalue weighted by Gasteiger charge is -2.12. The van der Waals surface area contributed by atoms with E-state index < -0.39 is 11.3 Å². The summed E-state index contributed by atoms with van der Waals surface area (Å²) in [5, 5.41) is 2.96. The molecule has 26 heavy (non-hydrogen) atoms. The van der Waals surface area contributed by atoms with Gasteiger partial charge in [-0.2, -0.15) is 4.39 Å². The van der Waals surface area contributed by atoms with Gasteiger partial charge in [-0.05, 0) is 29.3 Å². The molecule has 0 aliphatic rings. The van der Waals surface area contributed by atoms with Gasteiger partial charge in [-0.25, -0.2) is 4.79 Å². The predicted molar refractivity (Wildman–Crippen MR) is 97.7 cm³/mol. The van der Waals surface area contributed by atoms with Crippen LogP contribution in [0.5, 0.6) is 5.75 Å². The molecule has 0 saturated heterocycles. The maximum Gasteiger partial charge on any atom is 0.360 e. The number of rotatable bonds is 7. The van der Waals surface area contributed by atoms with Gasteiger partial charge in [0, 0.05) is 5.56 Å². The second-order valence-corrected chi connectivity index (χ2v) is 5.42. The topological polar surface area (TPSA) is 57.1 Å². The zero-order valence-corrected chi connectivity index (χ0v) is 15.0. The Bertz CT molecular complexity index is 815. The summed E-state index contributed by atoms with van der Waals surface area (Å²) >= 11 is 5.21. The van der Waals surface area contributed by atoms with Crippen molar-refractivity contribution in [3.8, 4) is 5.75 Å². The van der Waals surface area contributed by atoms with E-state index in [2.05, 4.69) is 5.16 Å². The fourth-order valence-electron chi connectivity index (χ4n) is 2.21. The molecule has 7 heteroatoms. The molecular formula is C19H17ClFNO4. The Morgan fingerprint density at radius 3 is 2.46 bits per heavy atom. The molecule has 2 aromatic carbocycles. The quantitative estimate of drug-likeness (QED) is 0.410. The number of oxime groups is 1. The van der Waals surface area contributed by atoms with Gasteiger partial charge in [0.2, 0.25) is 0 Å². The van der Waals surface area contributed by atoms with E-state index in [-0.39, 0.29) is 12.3 Å². The number of methoxy groups -OCH3 is 1. The zero-order valence-electron chi connectivity index (χ0n) is 14.2. The molecule has 0 aliphatic heterocycles. The van der Waals surface area contributed by atoms with Crippen LogP contribution >= 0.6 is 11.6 Å². The van der Waals surface area contributed by atoms with Crippen LogP contribution in [0.2, 0.25) is 0 Å². The van der Waals surface area contributed by atoms with Gasteiger partial charge >= 0.3 is 5.97 Å². The summed E-state index contributed by atoms with van der Waals surface area (Å²) in [4.78, 5) is 16.7. The van der Waals surface area contributed by atoms with Gasteiger partial charge in [0.25, 0.3) is 0 Å². The maximum absolute atomic E-state index is 12.7. The van der Waals surface area contributed by atoms with Crippen molar-refractivity contribution >= 4 is 29.4 Å². The minimum absolute atomic E-state index is 0.0484. The molecule has 5 nitrogen and oxygen atoms in total. The van der Waals surface area contributed by atoms with E-state index in [4.69, 9.17) is 25.9 Å². The Kier molecular flexibility index (Phi) is 7.17. The third-order valence-electron chi connectivity index (χ3n) is 3.38. The van der Waals surface area contributed by atoms with E-state index in [0.29, 0.717) is 16.9 Å². The highest BCUT2D eigenvalue weighted by molar-refractivity contribution is 6.43. The molecule has 136 valence electrons. The molecule has 0 radical (unpaired) electrons. The van der Waals surface area contributed by atoms with Crippen LogP contribution in [0, 0.1) is 0 Å². The van der Waals surface area contributed by atoms with Gasteiger partial charge in [-0.3, -0.25) is 0 Å². The molecule has 0 aliphatic carbocycles. The predicted octanol–water partition coefficient (Wildman–Crippen LogP) is 4.30. The van der Waals surface area contributed by atoms with Crippen LogP contribution in [0.25, 0.3) is 6.08 Å². The van der Waals surface area contributed by atoms with Crippen molar-refractivity contribution in [3.63, 3.8) is 0 Å². The number of hydrogen-bond acceptors (Lipinski definition) is 5. The molecule has 0 bridgehead atoms. The van der Waals surface area contributed by atoms with Crippen LogP contribution < -0.4 is 4.74 Å². The number of esters is 1. The van der Waals surface area contributed by atoms with E-state index in [9.17, 15) is 9.18 Å². The van der Waals surface area contributed by atoms with Crippen molar-refractivity contribution in [1.29, 1.82) is 0 Å². The molecule has 0 unspecified atom stereocenters. The Hall–Kier alpha value is -2.86. The van der Waals surface area contributed by atoms with Gasteiger partial charge in [0.15, 0.2) is 11.0 Å². The summed E-state index contributed by atoms with van der Waals surface area (Å²) in [7, 11) is 2.62. The molecule has 0 heterocycles. The van der Waals surface area contributed by atoms with Crippen LogP contribution in [-0.2, 0) is 21.0 Å². The Morgan fingerprint density at radius 1 is 1.15 bits per heavy atom. The van der Waals surface area contributed by atoms with Crippen molar-refractivity contribution in [2.45, 2.75) is 6.61 Å². The molecule has 0 amide bonds. The number of nitrogens with zero attached hydrogens (tertiary/aromatic N) is 1. The number of carbonyl (C=O) groups is 1. The highest BCUT2D eigenvalue weighted by atomic mass is 35.5. The first-order valence-corrected chi connectivity index (χ1v) is 7.96. The third-order valence-corrected chi connectivity index (χ3v) is 3.49. The lowest BCUT2D eigenvalue weighted by molar-refractivity contribution is -0.132. The molecule has 0 spiro atoms. The zero-order chi connectivity index (χ0) is 18.9. The van der Waals surface area contributed by atoms with Crippen LogP contribution in [-0.4, -0.2) is 25.9 Å². The van der Waals surface area contributed by atoms with E-state index in [1.54, 1.807) is 36.4 Å². The smallest absolute Gasteiger partial charge is 0.360 e. The lowest BCUT2D eigenvalue weighted by Crippen LogP contribution is -2.19. The number of hydrogen-bond donors (Lipinski definition) is 0. The first-order valence-electron chi connectivity index (χ1n) is 7.58. The van der Waals surface area contributed by atoms with Gasteiger partial charge in [-0.1, -0.05) is 53.2 Å². The van der Waals surface area contributed by atoms with Crippen molar-refractivity contribution < 1.29 is 23.5 Å². The van der Waals surface area contributed by atoms with Gasteiger partial charge in [-0.15, -0.1) is 0 Å². The number of benzene rings is 2. The molecule has 2 rings (SSSR count). The fourth-order valence-corrected chi connectivity index (χ4v) is 2.33. The monoisotopic (exact) mass is 377 g/mol. The van der Waals surface area contributed by atoms with Crippen LogP contribution in [0.3, 0.4) is 0 Å². The van der Waals surface area contributed by atoms with Crippen molar-refractivity contribution in [2.24, 2.45) is 5.16 Å². The fraction of sp³-hybridized carbons (Fsp3) is 0.158. The lowest BCUT2D eigenvalue weighted by atomic mass is 10.0. The van der Waals surface area contributed by atoms with Crippen LogP contribution in [0.4, 0.5) is 4.39 Å². The first kappa shape index (κ1) is 19.5. The molecular weight excluding hydrogens is 361 g/mol. The minimum atomic E-state index is -0.791. The number of halogens is 2. The van der Waals surface area contributed by atoms with Gasteiger partial charge in [0.05, 0.1) is 7.11 Å². The largest absolute Gasteiger partial charge is 0.489 e. The summed E-state index contributed by atoms with van der Waals surface area (Å²) in [6.45, 7) is 0.189. The SMILES string of the molecule is CON=C(C(=O)OC)c1ccccc1COc1ccc(C=C(F)Cl)cc1. The maximum atomic E-state index is 12.7. The van der Waals surface area contributed by atoms with E-state index in [1.807, 2.05) is 12.1 Å². The highest BCUT2D eigenvalue weighted by Crippen LogP contribution is 2.19. The summed E-state index contributed by atoms with van der Waals surface area (Å²) in [5.41, 5.74) is 1.94. The first-order chi connectivity index (χ1) is 12.5. The standard InChI is InChI=1S/C19H17ClFNO4/c1-24-19(23)18(22-25-2)16-6-4-3-5-14(16)12-26-15-9-7-13(8-10-15)11-17(20)21/h3-11H,12H2,1-2H3. The number of ether oxygens (including phenoxy) is 2. The van der Waals surface area contributed by atoms with Crippen LogP contribution in [0.15, 0.2) is 59.0 Å². The molecule has 0 fully saturated rings. The van der Waals surface area contributed by atoms with Crippen molar-refractivity contribution in [2.75, 3.05) is 14.2 Å². The van der Waals surface area contributed by atoms with Gasteiger partial charge < -0.3 is 14.3 Å². The normalized spacial score (nSPS) is 11.8. The Labute approximate surface area is 155 Å². The second kappa shape index (κ2) is 9.58. The minimum Gasteiger partial charge on any atom is -0.489 e. The van der Waals surface area contributed by atoms with E-state index >= 15 is 0 Å². The Balaban J connectivity index is 2.19. The van der Waals surface area contributed by atoms with Crippen LogP contribution in [0.1, 0.15) is 16.7 Å². The van der Waals surface area contributed by atoms with Crippen molar-refractivity contribution in [1.82, 2.24) is 0 Å². The van der Waals surface area contributed by atoms with E-state index in [0.717, 1.165) is 5.56 Å². The molecule has 2 aromatic rings. The average Bonchev–Trinajstić information content (AvgIpc) is 2.65. The summed E-state index contributed by atoms with van der Waals surface area (Å²) in [5.74, 6) is -0.0335. The summed E-state index contributed by atoms with van der Waals surface area (Å²) < 4.78 is 23.2. The van der Waals surface area contributed by atoms with E-state index in [1.165, 1.54) is 20.3 Å². The molecule has 0 N–H and O–H groups in total. The van der Waals surface area contributed by atoms with Gasteiger partial charge in [0.1, 0.15) is 19.5 Å². The Morgan fingerprint density at radius 2 is 1.85 bits per heavy atom. The second-order valence-electron chi connectivity index (χ2n) is 5.06. The summed E-state index contributed by atoms with van der Waals surface area (Å²) in [6, 6.07) is 13.9. The highest BCUT2D eigenvalue weighted by Gasteiger charge is 2.19. The molecule has 0 saturated carbocycles. The number of carbonyl (C=O) groups excluding carboxylic acids is 1. The average molecular weight is 378 g/mol. The third kappa shape index (κ3) is 5.32. The van der Waals surface area contributed by atoms with Crippen molar-refractivity contribution in [3.05, 3.63) is 70.5 Å². The summed E-state index contributed by atoms with van der Waals surface area (Å²) in [6.07, 6.45) is 1.20.